The van der Waals surface area contributed by atoms with Gasteiger partial charge in [-0.1, -0.05) is 0 Å². The van der Waals surface area contributed by atoms with E-state index in [0.29, 0.717) is 36.8 Å². The Bertz CT molecular complexity index is 1170. The molecule has 2 N–H and O–H groups in total. The maximum Gasteiger partial charge on any atom is 0.251 e. The normalized spacial score (nSPS) is 22.2. The van der Waals surface area contributed by atoms with E-state index in [-0.39, 0.29) is 29.7 Å². The van der Waals surface area contributed by atoms with Gasteiger partial charge >= 0.3 is 0 Å². The highest BCUT2D eigenvalue weighted by molar-refractivity contribution is 7.92. The number of carbonyl (C=O) groups is 1. The number of nitrogens with zero attached hydrogens (tertiary/aromatic N) is 1. The summed E-state index contributed by atoms with van der Waals surface area (Å²) < 4.78 is 42.6. The number of fused-ring (bicyclic) bond motifs is 1. The van der Waals surface area contributed by atoms with E-state index in [1.54, 1.807) is 12.3 Å². The third kappa shape index (κ3) is 5.68. The number of methoxy groups -OCH3 is 1. The summed E-state index contributed by atoms with van der Waals surface area (Å²) in [7, 11) is -2.11. The third-order valence-electron chi connectivity index (χ3n) is 6.11. The number of carbonyl (C=O) groups excluding carboxylic acids is 1. The van der Waals surface area contributed by atoms with Crippen LogP contribution in [0.3, 0.4) is 0 Å². The van der Waals surface area contributed by atoms with Gasteiger partial charge in [0.25, 0.3) is 5.91 Å². The first-order chi connectivity index (χ1) is 16.1. The minimum absolute atomic E-state index is 0.147. The van der Waals surface area contributed by atoms with Crippen LogP contribution < -0.4 is 14.8 Å². The second kappa shape index (κ2) is 9.89. The molecule has 1 amide bonds. The fraction of sp³-hybridized carbons (Fsp3) is 0.500. The van der Waals surface area contributed by atoms with Gasteiger partial charge in [-0.3, -0.25) is 9.52 Å². The second-order valence-corrected chi connectivity index (χ2v) is 10.9. The van der Waals surface area contributed by atoms with Crippen LogP contribution in [-0.2, 0) is 32.7 Å². The van der Waals surface area contributed by atoms with Crippen LogP contribution in [0.15, 0.2) is 24.4 Å². The average molecular weight is 490 g/mol. The van der Waals surface area contributed by atoms with E-state index in [1.165, 1.54) is 7.11 Å². The van der Waals surface area contributed by atoms with E-state index in [4.69, 9.17) is 14.2 Å². The zero-order chi connectivity index (χ0) is 24.5. The van der Waals surface area contributed by atoms with Crippen LogP contribution in [-0.4, -0.2) is 51.4 Å². The zero-order valence-electron chi connectivity index (χ0n) is 19.9. The van der Waals surface area contributed by atoms with Crippen molar-refractivity contribution in [1.82, 2.24) is 10.3 Å². The van der Waals surface area contributed by atoms with Crippen molar-refractivity contribution < 1.29 is 27.4 Å². The van der Waals surface area contributed by atoms with E-state index in [1.807, 2.05) is 12.1 Å². The average Bonchev–Trinajstić information content (AvgIpc) is 3.24. The van der Waals surface area contributed by atoms with Gasteiger partial charge in [0.2, 0.25) is 15.9 Å². The number of hydrogen-bond acceptors (Lipinski definition) is 7. The Kier molecular flexibility index (Phi) is 7.11. The summed E-state index contributed by atoms with van der Waals surface area (Å²) in [6.45, 7) is 5.51. The smallest absolute Gasteiger partial charge is 0.251 e. The molecule has 1 saturated heterocycles. The van der Waals surface area contributed by atoms with E-state index in [0.717, 1.165) is 35.8 Å². The molecular weight excluding hydrogens is 458 g/mol. The van der Waals surface area contributed by atoms with Crippen LogP contribution in [0, 0.1) is 5.92 Å². The molecule has 34 heavy (non-hydrogen) atoms. The number of ether oxygens (including phenoxy) is 3. The Morgan fingerprint density at radius 2 is 1.88 bits per heavy atom. The van der Waals surface area contributed by atoms with Crippen molar-refractivity contribution in [3.05, 3.63) is 41.1 Å². The quantitative estimate of drug-likeness (QED) is 0.614. The van der Waals surface area contributed by atoms with Crippen molar-refractivity contribution in [1.29, 1.82) is 0 Å². The van der Waals surface area contributed by atoms with E-state index in [9.17, 15) is 13.2 Å². The number of pyridine rings is 1. The number of rotatable bonds is 7. The van der Waals surface area contributed by atoms with Gasteiger partial charge in [-0.05, 0) is 67.5 Å². The van der Waals surface area contributed by atoms with Crippen LogP contribution in [0.5, 0.6) is 5.88 Å². The van der Waals surface area contributed by atoms with Gasteiger partial charge in [0.15, 0.2) is 0 Å². The summed E-state index contributed by atoms with van der Waals surface area (Å²) in [6, 6.07) is 5.41. The Balaban J connectivity index is 1.61. The van der Waals surface area contributed by atoms with Crippen molar-refractivity contribution in [3.8, 4) is 17.0 Å². The molecule has 4 rings (SSSR count). The summed E-state index contributed by atoms with van der Waals surface area (Å²) in [5.41, 5.74) is 4.01. The molecule has 3 heterocycles. The second-order valence-electron chi connectivity index (χ2n) is 9.11. The Morgan fingerprint density at radius 1 is 1.15 bits per heavy atom. The fourth-order valence-electron chi connectivity index (χ4n) is 4.75. The number of anilines is 1. The van der Waals surface area contributed by atoms with Crippen LogP contribution in [0.2, 0.25) is 0 Å². The van der Waals surface area contributed by atoms with E-state index in [2.05, 4.69) is 28.9 Å². The highest BCUT2D eigenvalue weighted by atomic mass is 32.2. The lowest BCUT2D eigenvalue weighted by Crippen LogP contribution is -2.37. The number of hydrogen-bond donors (Lipinski definition) is 2. The first kappa shape index (κ1) is 24.4. The van der Waals surface area contributed by atoms with Crippen LogP contribution in [0.4, 0.5) is 5.69 Å². The molecule has 184 valence electrons. The maximum absolute atomic E-state index is 13.2. The molecule has 9 nitrogen and oxygen atoms in total. The van der Waals surface area contributed by atoms with E-state index < -0.39 is 10.0 Å². The molecule has 0 spiro atoms. The van der Waals surface area contributed by atoms with Gasteiger partial charge < -0.3 is 19.5 Å². The summed E-state index contributed by atoms with van der Waals surface area (Å²) in [5, 5.41) is 3.10. The predicted molar refractivity (Wildman–Crippen MR) is 128 cm³/mol. The number of amides is 1. The largest absolute Gasteiger partial charge is 0.480 e. The first-order valence-electron chi connectivity index (χ1n) is 11.3. The van der Waals surface area contributed by atoms with Gasteiger partial charge in [0, 0.05) is 23.9 Å². The minimum atomic E-state index is -3.53. The van der Waals surface area contributed by atoms with Gasteiger partial charge in [0.05, 0.1) is 38.8 Å². The Morgan fingerprint density at radius 3 is 2.56 bits per heavy atom. The fourth-order valence-corrected chi connectivity index (χ4v) is 5.30. The molecule has 1 aromatic heterocycles. The number of benzene rings is 1. The van der Waals surface area contributed by atoms with Crippen molar-refractivity contribution >= 4 is 21.6 Å². The van der Waals surface area contributed by atoms with Crippen LogP contribution >= 0.6 is 0 Å². The number of aromatic nitrogens is 1. The van der Waals surface area contributed by atoms with E-state index >= 15 is 0 Å². The van der Waals surface area contributed by atoms with Gasteiger partial charge in [0.1, 0.15) is 5.69 Å². The lowest BCUT2D eigenvalue weighted by Gasteiger charge is -2.32. The maximum atomic E-state index is 13.2. The van der Waals surface area contributed by atoms with Gasteiger partial charge in [-0.15, -0.1) is 0 Å². The molecule has 1 unspecified atom stereocenters. The first-order valence-corrected chi connectivity index (χ1v) is 13.2. The molecule has 2 aliphatic heterocycles. The summed E-state index contributed by atoms with van der Waals surface area (Å²) in [6.07, 6.45) is 4.86. The van der Waals surface area contributed by atoms with Crippen molar-refractivity contribution in [2.75, 3.05) is 24.6 Å². The molecule has 3 atom stereocenters. The minimum Gasteiger partial charge on any atom is -0.480 e. The van der Waals surface area contributed by atoms with Gasteiger partial charge in [-0.2, -0.15) is 0 Å². The standard InChI is InChI=1S/C24H31N3O6S/c1-14-5-16(6-15(2)33-14)10-25-23(28)20-8-17(7-19-12-32-13-21(19)20)18-9-22(27-34(4,29)30)24(31-3)26-11-18/h7-9,11,14-16,27H,5-6,10,12-13H2,1-4H3,(H,25,28)/t14-,15+,16?. The molecular formula is C24H31N3O6S. The van der Waals surface area contributed by atoms with Crippen molar-refractivity contribution in [2.24, 2.45) is 5.92 Å². The van der Waals surface area contributed by atoms with Gasteiger partial charge in [-0.25, -0.2) is 13.4 Å². The lowest BCUT2D eigenvalue weighted by molar-refractivity contribution is -0.0513. The molecule has 1 aromatic carbocycles. The molecule has 2 aromatic rings. The molecule has 10 heteroatoms. The highest BCUT2D eigenvalue weighted by Gasteiger charge is 2.26. The van der Waals surface area contributed by atoms with Crippen LogP contribution in [0.1, 0.15) is 48.2 Å². The predicted octanol–water partition coefficient (Wildman–Crippen LogP) is 3.09. The molecule has 1 fully saturated rings. The number of sulfonamides is 1. The lowest BCUT2D eigenvalue weighted by atomic mass is 9.92. The van der Waals surface area contributed by atoms with Crippen molar-refractivity contribution in [3.63, 3.8) is 0 Å². The van der Waals surface area contributed by atoms with Crippen LogP contribution in [0.25, 0.3) is 11.1 Å². The summed E-state index contributed by atoms with van der Waals surface area (Å²) in [5.74, 6) is 0.383. The Labute approximate surface area is 200 Å². The SMILES string of the molecule is COc1ncc(-c2cc3c(c(C(=O)NCC4C[C@@H](C)O[C@@H](C)C4)c2)COC3)cc1NS(C)(=O)=O. The molecule has 0 bridgehead atoms. The summed E-state index contributed by atoms with van der Waals surface area (Å²) >= 11 is 0. The molecule has 0 radical (unpaired) electrons. The topological polar surface area (TPSA) is 116 Å². The highest BCUT2D eigenvalue weighted by Crippen LogP contribution is 2.34. The molecule has 2 aliphatic rings. The number of nitrogens with one attached hydrogen (secondary N) is 2. The summed E-state index contributed by atoms with van der Waals surface area (Å²) in [4.78, 5) is 17.5. The monoisotopic (exact) mass is 489 g/mol. The zero-order valence-corrected chi connectivity index (χ0v) is 20.7. The third-order valence-corrected chi connectivity index (χ3v) is 6.70. The van der Waals surface area contributed by atoms with Crippen molar-refractivity contribution in [2.45, 2.75) is 52.1 Å². The molecule has 0 saturated carbocycles. The molecule has 0 aliphatic carbocycles. The Hall–Kier alpha value is -2.69.